The Labute approximate surface area is 290 Å². The minimum Gasteiger partial charge on any atom is -0.309 e. The van der Waals surface area contributed by atoms with E-state index in [0.29, 0.717) is 5.82 Å². The Morgan fingerprint density at radius 2 is 1.24 bits per heavy atom. The predicted octanol–water partition coefficient (Wildman–Crippen LogP) is 12.1. The van der Waals surface area contributed by atoms with Gasteiger partial charge in [-0.05, 0) is 64.7 Å². The number of benzene rings is 7. The fourth-order valence-electron chi connectivity index (χ4n) is 7.86. The van der Waals surface area contributed by atoms with Gasteiger partial charge in [0.15, 0.2) is 5.82 Å². The molecule has 0 spiro atoms. The molecule has 5 heteroatoms. The molecule has 4 heterocycles. The van der Waals surface area contributed by atoms with E-state index in [9.17, 15) is 0 Å². The summed E-state index contributed by atoms with van der Waals surface area (Å²) in [6.45, 7) is 0. The van der Waals surface area contributed by atoms with E-state index in [2.05, 4.69) is 144 Å². The predicted molar refractivity (Wildman–Crippen MR) is 210 cm³/mol. The summed E-state index contributed by atoms with van der Waals surface area (Å²) in [4.78, 5) is 15.0. The Morgan fingerprint density at radius 3 is 2.12 bits per heavy atom. The second-order valence-electron chi connectivity index (χ2n) is 12.8. The number of para-hydroxylation sites is 1. The van der Waals surface area contributed by atoms with Crippen LogP contribution >= 0.6 is 11.3 Å². The van der Waals surface area contributed by atoms with Crippen LogP contribution in [0.15, 0.2) is 158 Å². The summed E-state index contributed by atoms with van der Waals surface area (Å²) in [6.07, 6.45) is 1.82. The van der Waals surface area contributed by atoms with Gasteiger partial charge in [0.05, 0.1) is 16.6 Å². The largest absolute Gasteiger partial charge is 0.309 e. The van der Waals surface area contributed by atoms with Gasteiger partial charge in [-0.15, -0.1) is 11.3 Å². The molecule has 0 saturated carbocycles. The van der Waals surface area contributed by atoms with Crippen molar-refractivity contribution in [2.45, 2.75) is 0 Å². The second-order valence-corrected chi connectivity index (χ2v) is 13.8. The summed E-state index contributed by atoms with van der Waals surface area (Å²) in [5, 5.41) is 10.1. The monoisotopic (exact) mass is 654 g/mol. The number of rotatable bonds is 3. The summed E-state index contributed by atoms with van der Waals surface area (Å²) in [5.74, 6) is 0.680. The minimum atomic E-state index is 0.680. The molecule has 0 N–H and O–H groups in total. The molecule has 11 rings (SSSR count). The Hall–Kier alpha value is -6.43. The molecule has 0 amide bonds. The summed E-state index contributed by atoms with van der Waals surface area (Å²) >= 11 is 1.89. The van der Waals surface area contributed by atoms with Crippen molar-refractivity contribution in [3.8, 4) is 28.3 Å². The zero-order valence-electron chi connectivity index (χ0n) is 26.7. The topological polar surface area (TPSA) is 43.6 Å². The molecule has 0 unspecified atom stereocenters. The number of fused-ring (bicyclic) bond motifs is 12. The van der Waals surface area contributed by atoms with Gasteiger partial charge in [0.2, 0.25) is 0 Å². The van der Waals surface area contributed by atoms with Crippen LogP contribution in [0.1, 0.15) is 0 Å². The van der Waals surface area contributed by atoms with Crippen LogP contribution in [0, 0.1) is 0 Å². The highest BCUT2D eigenvalue weighted by Gasteiger charge is 2.22. The molecule has 232 valence electrons. The van der Waals surface area contributed by atoms with Crippen LogP contribution in [-0.4, -0.2) is 19.5 Å². The summed E-state index contributed by atoms with van der Waals surface area (Å²) < 4.78 is 5.08. The molecular formula is C45H26N4S. The average Bonchev–Trinajstić information content (AvgIpc) is 3.74. The summed E-state index contributed by atoms with van der Waals surface area (Å²) in [6, 6.07) is 54.0. The Kier molecular flexibility index (Phi) is 5.80. The van der Waals surface area contributed by atoms with Crippen LogP contribution < -0.4 is 0 Å². The number of aromatic nitrogens is 4. The molecule has 0 saturated heterocycles. The first-order chi connectivity index (χ1) is 24.8. The standard InChI is InChI=1S/C45H26N4S/c1-2-13-30-27(11-1)12-9-18-32(30)41-42-36(19-10-26-46-42)47-45(48-41)28-22-24-29(25-23-28)49-37-20-7-5-16-34(37)39-31-14-3-4-15-33(31)44-40(43(39)49)35-17-6-8-21-38(35)50-44/h1-26H. The van der Waals surface area contributed by atoms with Crippen LogP contribution in [-0.2, 0) is 0 Å². The highest BCUT2D eigenvalue weighted by Crippen LogP contribution is 2.47. The molecule has 0 aliphatic rings. The number of thiophene rings is 1. The van der Waals surface area contributed by atoms with Gasteiger partial charge in [-0.25, -0.2) is 9.97 Å². The van der Waals surface area contributed by atoms with Crippen molar-refractivity contribution in [3.63, 3.8) is 0 Å². The Morgan fingerprint density at radius 1 is 0.520 bits per heavy atom. The quantitative estimate of drug-likeness (QED) is 0.190. The molecule has 4 nitrogen and oxygen atoms in total. The van der Waals surface area contributed by atoms with E-state index >= 15 is 0 Å². The summed E-state index contributed by atoms with van der Waals surface area (Å²) in [7, 11) is 0. The Bertz CT molecular complexity index is 3150. The molecular weight excluding hydrogens is 629 g/mol. The van der Waals surface area contributed by atoms with Gasteiger partial charge in [0.25, 0.3) is 0 Å². The van der Waals surface area contributed by atoms with Crippen molar-refractivity contribution in [2.24, 2.45) is 0 Å². The summed E-state index contributed by atoms with van der Waals surface area (Å²) in [5.41, 5.74) is 8.01. The lowest BCUT2D eigenvalue weighted by Crippen LogP contribution is -1.98. The zero-order valence-corrected chi connectivity index (χ0v) is 27.5. The van der Waals surface area contributed by atoms with Crippen molar-refractivity contribution < 1.29 is 0 Å². The lowest BCUT2D eigenvalue weighted by Gasteiger charge is -2.13. The molecule has 50 heavy (non-hydrogen) atoms. The van der Waals surface area contributed by atoms with E-state index in [1.807, 2.05) is 29.7 Å². The van der Waals surface area contributed by atoms with E-state index < -0.39 is 0 Å². The highest BCUT2D eigenvalue weighted by molar-refractivity contribution is 7.27. The molecule has 0 radical (unpaired) electrons. The fourth-order valence-corrected chi connectivity index (χ4v) is 9.11. The lowest BCUT2D eigenvalue weighted by atomic mass is 10.00. The van der Waals surface area contributed by atoms with Gasteiger partial charge < -0.3 is 4.57 Å². The van der Waals surface area contributed by atoms with Crippen molar-refractivity contribution in [2.75, 3.05) is 0 Å². The fraction of sp³-hybridized carbons (Fsp3) is 0. The van der Waals surface area contributed by atoms with Gasteiger partial charge in [-0.1, -0.05) is 103 Å². The van der Waals surface area contributed by atoms with Gasteiger partial charge >= 0.3 is 0 Å². The van der Waals surface area contributed by atoms with E-state index in [1.165, 1.54) is 58.1 Å². The molecule has 7 aromatic carbocycles. The maximum absolute atomic E-state index is 5.21. The van der Waals surface area contributed by atoms with Gasteiger partial charge in [-0.2, -0.15) is 0 Å². The minimum absolute atomic E-state index is 0.680. The van der Waals surface area contributed by atoms with Crippen molar-refractivity contribution in [1.29, 1.82) is 0 Å². The van der Waals surface area contributed by atoms with E-state index in [4.69, 9.17) is 15.0 Å². The molecule has 4 aromatic heterocycles. The van der Waals surface area contributed by atoms with Crippen molar-refractivity contribution in [3.05, 3.63) is 158 Å². The molecule has 0 atom stereocenters. The van der Waals surface area contributed by atoms with E-state index in [1.54, 1.807) is 0 Å². The normalized spacial score (nSPS) is 12.0. The second kappa shape index (κ2) is 10.5. The first-order valence-corrected chi connectivity index (χ1v) is 17.6. The van der Waals surface area contributed by atoms with Crippen LogP contribution in [0.25, 0.3) is 103 Å². The smallest absolute Gasteiger partial charge is 0.160 e. The van der Waals surface area contributed by atoms with Crippen LogP contribution in [0.3, 0.4) is 0 Å². The number of hydrogen-bond donors (Lipinski definition) is 0. The van der Waals surface area contributed by atoms with Gasteiger partial charge in [-0.3, -0.25) is 4.98 Å². The lowest BCUT2D eigenvalue weighted by molar-refractivity contribution is 1.18. The molecule has 0 bridgehead atoms. The first kappa shape index (κ1) is 27.5. The number of nitrogens with zero attached hydrogens (tertiary/aromatic N) is 4. The zero-order chi connectivity index (χ0) is 32.8. The van der Waals surface area contributed by atoms with Gasteiger partial charge in [0, 0.05) is 59.3 Å². The molecule has 11 aromatic rings. The maximum atomic E-state index is 5.21. The van der Waals surface area contributed by atoms with Crippen LogP contribution in [0.2, 0.25) is 0 Å². The van der Waals surface area contributed by atoms with Crippen LogP contribution in [0.5, 0.6) is 0 Å². The van der Waals surface area contributed by atoms with Crippen molar-refractivity contribution >= 4 is 85.9 Å². The van der Waals surface area contributed by atoms with Crippen molar-refractivity contribution in [1.82, 2.24) is 19.5 Å². The Balaban J connectivity index is 1.16. The van der Waals surface area contributed by atoms with Crippen LogP contribution in [0.4, 0.5) is 0 Å². The first-order valence-electron chi connectivity index (χ1n) is 16.8. The third-order valence-corrected chi connectivity index (χ3v) is 11.2. The molecule has 0 fully saturated rings. The van der Waals surface area contributed by atoms with Gasteiger partial charge in [0.1, 0.15) is 11.2 Å². The highest BCUT2D eigenvalue weighted by atomic mass is 32.1. The average molecular weight is 655 g/mol. The SMILES string of the molecule is c1ccc2c(-c3nc(-c4ccc(-n5c6ccccc6c6c7ccccc7c7sc8ccccc8c7c65)cc4)nc4cccnc34)cccc2c1. The number of hydrogen-bond acceptors (Lipinski definition) is 4. The number of pyridine rings is 1. The van der Waals surface area contributed by atoms with E-state index in [0.717, 1.165) is 38.9 Å². The van der Waals surface area contributed by atoms with E-state index in [-0.39, 0.29) is 0 Å². The third kappa shape index (κ3) is 3.89. The maximum Gasteiger partial charge on any atom is 0.160 e. The molecule has 0 aliphatic carbocycles. The molecule has 0 aliphatic heterocycles. The third-order valence-electron chi connectivity index (χ3n) is 10.0.